The first-order valence-corrected chi connectivity index (χ1v) is 7.41. The topological polar surface area (TPSA) is 70.0 Å². The molecule has 112 valence electrons. The molecule has 0 radical (unpaired) electrons. The quantitative estimate of drug-likeness (QED) is 0.621. The number of thioether (sulfide) groups is 1. The number of anilines is 1. The third kappa shape index (κ3) is 5.16. The van der Waals surface area contributed by atoms with Crippen molar-refractivity contribution in [3.05, 3.63) is 29.8 Å². The van der Waals surface area contributed by atoms with Crippen LogP contribution < -0.4 is 5.32 Å². The molecule has 1 amide bonds. The van der Waals surface area contributed by atoms with Crippen LogP contribution >= 0.6 is 11.8 Å². The van der Waals surface area contributed by atoms with Crippen LogP contribution in [0.2, 0.25) is 0 Å². The molecular formula is C14H14F2N2O2S. The van der Waals surface area contributed by atoms with Crippen molar-refractivity contribution < 1.29 is 18.4 Å². The number of benzene rings is 1. The number of nitrogens with one attached hydrogen (secondary N) is 1. The summed E-state index contributed by atoms with van der Waals surface area (Å²) in [6.07, 6.45) is 0.877. The lowest BCUT2D eigenvalue weighted by Crippen LogP contribution is -2.30. The molecule has 1 atom stereocenters. The van der Waals surface area contributed by atoms with Crippen molar-refractivity contribution in [1.29, 1.82) is 5.26 Å². The number of nitrogens with zero attached hydrogens (tertiary/aromatic N) is 1. The minimum Gasteiger partial charge on any atom is -0.322 e. The number of rotatable bonds is 7. The lowest BCUT2D eigenvalue weighted by Gasteiger charge is -2.10. The number of amides is 1. The van der Waals surface area contributed by atoms with Crippen LogP contribution in [0.3, 0.4) is 0 Å². The molecular weight excluding hydrogens is 298 g/mol. The molecule has 1 rings (SSSR count). The second kappa shape index (κ2) is 8.37. The zero-order valence-corrected chi connectivity index (χ0v) is 12.2. The van der Waals surface area contributed by atoms with Crippen LogP contribution in [0.5, 0.6) is 0 Å². The monoisotopic (exact) mass is 312 g/mol. The summed E-state index contributed by atoms with van der Waals surface area (Å²) >= 11 is 1.33. The van der Waals surface area contributed by atoms with Gasteiger partial charge in [-0.2, -0.15) is 17.0 Å². The number of carbonyl (C=O) groups is 2. The summed E-state index contributed by atoms with van der Waals surface area (Å²) in [6.45, 7) is 1.95. The zero-order chi connectivity index (χ0) is 15.8. The van der Waals surface area contributed by atoms with Crippen LogP contribution in [0.15, 0.2) is 18.2 Å². The minimum absolute atomic E-state index is 0.0470. The fourth-order valence-corrected chi connectivity index (χ4v) is 2.27. The van der Waals surface area contributed by atoms with E-state index in [2.05, 4.69) is 5.32 Å². The molecule has 0 saturated carbocycles. The largest absolute Gasteiger partial charge is 0.322 e. The summed E-state index contributed by atoms with van der Waals surface area (Å²) in [4.78, 5) is 23.6. The van der Waals surface area contributed by atoms with Gasteiger partial charge in [-0.05, 0) is 24.3 Å². The Kier molecular flexibility index (Phi) is 6.82. The second-order valence-electron chi connectivity index (χ2n) is 4.19. The Labute approximate surface area is 125 Å². The lowest BCUT2D eigenvalue weighted by atomic mass is 10.1. The van der Waals surface area contributed by atoms with E-state index in [0.717, 1.165) is 24.3 Å². The molecule has 21 heavy (non-hydrogen) atoms. The SMILES string of the molecule is CCCSCC(=O)C(C#N)C(=O)Nc1ccc(F)cc1F. The van der Waals surface area contributed by atoms with Crippen molar-refractivity contribution in [3.8, 4) is 6.07 Å². The molecule has 1 aromatic rings. The van der Waals surface area contributed by atoms with E-state index < -0.39 is 29.2 Å². The first-order chi connectivity index (χ1) is 9.99. The number of halogens is 2. The molecule has 0 aromatic heterocycles. The standard InChI is InChI=1S/C14H14F2N2O2S/c1-2-5-21-8-13(19)10(7-17)14(20)18-12-4-3-9(15)6-11(12)16/h3-4,6,10H,2,5,8H2,1H3,(H,18,20). The van der Waals surface area contributed by atoms with E-state index in [1.807, 2.05) is 6.92 Å². The molecule has 0 aliphatic rings. The van der Waals surface area contributed by atoms with E-state index in [-0.39, 0.29) is 11.4 Å². The molecule has 4 nitrogen and oxygen atoms in total. The van der Waals surface area contributed by atoms with E-state index in [4.69, 9.17) is 5.26 Å². The summed E-state index contributed by atoms with van der Waals surface area (Å²) in [5, 5.41) is 11.0. The van der Waals surface area contributed by atoms with E-state index in [1.165, 1.54) is 11.8 Å². The third-order valence-electron chi connectivity index (χ3n) is 2.50. The maximum atomic E-state index is 13.4. The molecule has 1 N–H and O–H groups in total. The fourth-order valence-electron chi connectivity index (χ4n) is 1.47. The number of nitriles is 1. The molecule has 0 fully saturated rings. The van der Waals surface area contributed by atoms with Gasteiger partial charge in [-0.15, -0.1) is 0 Å². The number of ketones is 1. The zero-order valence-electron chi connectivity index (χ0n) is 11.4. The van der Waals surface area contributed by atoms with E-state index in [9.17, 15) is 18.4 Å². The highest BCUT2D eigenvalue weighted by atomic mass is 32.2. The predicted octanol–water partition coefficient (Wildman–Crippen LogP) is 2.76. The second-order valence-corrected chi connectivity index (χ2v) is 5.30. The number of hydrogen-bond acceptors (Lipinski definition) is 4. The van der Waals surface area contributed by atoms with Gasteiger partial charge >= 0.3 is 0 Å². The van der Waals surface area contributed by atoms with Gasteiger partial charge in [0.1, 0.15) is 11.6 Å². The predicted molar refractivity (Wildman–Crippen MR) is 76.7 cm³/mol. The van der Waals surface area contributed by atoms with Gasteiger partial charge in [0.05, 0.1) is 17.5 Å². The smallest absolute Gasteiger partial charge is 0.249 e. The van der Waals surface area contributed by atoms with Gasteiger partial charge in [-0.25, -0.2) is 8.78 Å². The van der Waals surface area contributed by atoms with E-state index >= 15 is 0 Å². The highest BCUT2D eigenvalue weighted by molar-refractivity contribution is 7.99. The summed E-state index contributed by atoms with van der Waals surface area (Å²) < 4.78 is 26.1. The first-order valence-electron chi connectivity index (χ1n) is 6.25. The van der Waals surface area contributed by atoms with Gasteiger partial charge in [-0.1, -0.05) is 6.92 Å². The Morgan fingerprint density at radius 1 is 1.43 bits per heavy atom. The summed E-state index contributed by atoms with van der Waals surface area (Å²) in [5.74, 6) is -3.90. The van der Waals surface area contributed by atoms with Crippen LogP contribution in [0.1, 0.15) is 13.3 Å². The molecule has 0 bridgehead atoms. The van der Waals surface area contributed by atoms with Crippen molar-refractivity contribution in [2.75, 3.05) is 16.8 Å². The minimum atomic E-state index is -1.50. The normalized spacial score (nSPS) is 11.5. The lowest BCUT2D eigenvalue weighted by molar-refractivity contribution is -0.127. The molecule has 0 aliphatic heterocycles. The van der Waals surface area contributed by atoms with Gasteiger partial charge in [0.2, 0.25) is 5.91 Å². The average Bonchev–Trinajstić information content (AvgIpc) is 2.43. The number of Topliss-reactive ketones (excluding diaryl/α,β-unsaturated/α-hetero) is 1. The van der Waals surface area contributed by atoms with Crippen LogP contribution in [0.25, 0.3) is 0 Å². The van der Waals surface area contributed by atoms with Gasteiger partial charge in [0.15, 0.2) is 11.7 Å². The maximum absolute atomic E-state index is 13.4. The van der Waals surface area contributed by atoms with Crippen LogP contribution in [-0.4, -0.2) is 23.2 Å². The van der Waals surface area contributed by atoms with Crippen LogP contribution in [0, 0.1) is 28.9 Å². The van der Waals surface area contributed by atoms with E-state index in [0.29, 0.717) is 6.07 Å². The fraction of sp³-hybridized carbons (Fsp3) is 0.357. The van der Waals surface area contributed by atoms with E-state index in [1.54, 1.807) is 6.07 Å². The Bertz CT molecular complexity index is 573. The number of hydrogen-bond donors (Lipinski definition) is 1. The Morgan fingerprint density at radius 3 is 2.71 bits per heavy atom. The number of carbonyl (C=O) groups excluding carboxylic acids is 2. The maximum Gasteiger partial charge on any atom is 0.249 e. The van der Waals surface area contributed by atoms with Crippen LogP contribution in [-0.2, 0) is 9.59 Å². The highest BCUT2D eigenvalue weighted by Gasteiger charge is 2.26. The van der Waals surface area contributed by atoms with Crippen molar-refractivity contribution in [2.24, 2.45) is 5.92 Å². The third-order valence-corrected chi connectivity index (χ3v) is 3.68. The molecule has 0 saturated heterocycles. The molecule has 0 heterocycles. The van der Waals surface area contributed by atoms with Gasteiger partial charge in [0.25, 0.3) is 0 Å². The molecule has 1 unspecified atom stereocenters. The van der Waals surface area contributed by atoms with Crippen LogP contribution in [0.4, 0.5) is 14.5 Å². The Morgan fingerprint density at radius 2 is 2.14 bits per heavy atom. The highest BCUT2D eigenvalue weighted by Crippen LogP contribution is 2.16. The molecule has 1 aromatic carbocycles. The summed E-state index contributed by atoms with van der Waals surface area (Å²) in [6, 6.07) is 4.22. The van der Waals surface area contributed by atoms with Crippen molar-refractivity contribution >= 4 is 29.1 Å². The summed E-state index contributed by atoms with van der Waals surface area (Å²) in [7, 11) is 0. The molecule has 7 heteroatoms. The Hall–Kier alpha value is -1.94. The van der Waals surface area contributed by atoms with Gasteiger partial charge in [-0.3, -0.25) is 9.59 Å². The van der Waals surface area contributed by atoms with Crippen molar-refractivity contribution in [3.63, 3.8) is 0 Å². The molecule has 0 spiro atoms. The van der Waals surface area contributed by atoms with Gasteiger partial charge in [0, 0.05) is 6.07 Å². The molecule has 0 aliphatic carbocycles. The van der Waals surface area contributed by atoms with Crippen molar-refractivity contribution in [2.45, 2.75) is 13.3 Å². The van der Waals surface area contributed by atoms with Crippen molar-refractivity contribution in [1.82, 2.24) is 0 Å². The first kappa shape index (κ1) is 17.1. The average molecular weight is 312 g/mol. The van der Waals surface area contributed by atoms with Gasteiger partial charge < -0.3 is 5.32 Å². The Balaban J connectivity index is 2.71. The summed E-state index contributed by atoms with van der Waals surface area (Å²) in [5.41, 5.74) is -0.268.